The number of hydrogen-bond acceptors (Lipinski definition) is 3. The molecule has 2 aromatic rings. The number of carbonyl (C=O) groups is 1. The van der Waals surface area contributed by atoms with Crippen LogP contribution >= 0.6 is 11.6 Å². The van der Waals surface area contributed by atoms with E-state index in [9.17, 15) is 4.79 Å². The van der Waals surface area contributed by atoms with E-state index in [1.54, 1.807) is 24.4 Å². The van der Waals surface area contributed by atoms with Crippen molar-refractivity contribution in [2.24, 2.45) is 0 Å². The zero-order valence-electron chi connectivity index (χ0n) is 8.93. The van der Waals surface area contributed by atoms with Crippen LogP contribution in [0.25, 0.3) is 11.3 Å². The summed E-state index contributed by atoms with van der Waals surface area (Å²) in [5.41, 5.74) is 1.88. The van der Waals surface area contributed by atoms with E-state index in [1.165, 1.54) is 0 Å². The smallest absolute Gasteiger partial charge is 0.189 e. The lowest BCUT2D eigenvalue weighted by Gasteiger charge is -2.05. The maximum absolute atomic E-state index is 11.5. The predicted molar refractivity (Wildman–Crippen MR) is 66.1 cm³/mol. The summed E-state index contributed by atoms with van der Waals surface area (Å²) in [7, 11) is 0. The highest BCUT2D eigenvalue weighted by molar-refractivity contribution is 6.34. The molecule has 0 saturated carbocycles. The summed E-state index contributed by atoms with van der Waals surface area (Å²) >= 11 is 5.90. The molecule has 3 nitrogen and oxygen atoms in total. The van der Waals surface area contributed by atoms with Gasteiger partial charge in [-0.2, -0.15) is 0 Å². The van der Waals surface area contributed by atoms with Gasteiger partial charge in [0.2, 0.25) is 0 Å². The predicted octanol–water partition coefficient (Wildman–Crippen LogP) is 2.58. The quantitative estimate of drug-likeness (QED) is 0.848. The zero-order chi connectivity index (χ0) is 12.3. The fourth-order valence-corrected chi connectivity index (χ4v) is 1.74. The number of rotatable bonds is 3. The molecule has 0 aliphatic carbocycles. The summed E-state index contributed by atoms with van der Waals surface area (Å²) in [5.74, 6) is -0.396. The van der Waals surface area contributed by atoms with E-state index in [1.807, 2.05) is 18.2 Å². The van der Waals surface area contributed by atoms with E-state index in [4.69, 9.17) is 16.7 Å². The molecular formula is C13H10ClNO2. The molecular weight excluding hydrogens is 238 g/mol. The summed E-state index contributed by atoms with van der Waals surface area (Å²) in [6.45, 7) is -0.550. The molecule has 1 aromatic carbocycles. The third-order valence-electron chi connectivity index (χ3n) is 2.37. The Kier molecular flexibility index (Phi) is 3.52. The summed E-state index contributed by atoms with van der Waals surface area (Å²) in [6.07, 6.45) is 1.68. The number of carbonyl (C=O) groups excluding carboxylic acids is 1. The molecule has 1 aromatic heterocycles. The molecule has 2 rings (SSSR count). The Bertz CT molecular complexity index is 540. The van der Waals surface area contributed by atoms with Crippen LogP contribution < -0.4 is 0 Å². The minimum Gasteiger partial charge on any atom is -0.388 e. The molecule has 0 fully saturated rings. The third-order valence-corrected chi connectivity index (χ3v) is 2.70. The first kappa shape index (κ1) is 11.8. The van der Waals surface area contributed by atoms with E-state index in [-0.39, 0.29) is 0 Å². The molecule has 86 valence electrons. The van der Waals surface area contributed by atoms with Crippen molar-refractivity contribution in [3.8, 4) is 11.3 Å². The van der Waals surface area contributed by atoms with Gasteiger partial charge in [-0.05, 0) is 24.3 Å². The van der Waals surface area contributed by atoms with E-state index < -0.39 is 12.4 Å². The Hall–Kier alpha value is -1.71. The van der Waals surface area contributed by atoms with Crippen LogP contribution in [0.1, 0.15) is 10.4 Å². The number of halogens is 1. The number of aromatic nitrogens is 1. The van der Waals surface area contributed by atoms with Gasteiger partial charge in [0.25, 0.3) is 0 Å². The van der Waals surface area contributed by atoms with Crippen molar-refractivity contribution in [1.29, 1.82) is 0 Å². The largest absolute Gasteiger partial charge is 0.388 e. The second kappa shape index (κ2) is 5.08. The van der Waals surface area contributed by atoms with Gasteiger partial charge in [0, 0.05) is 17.3 Å². The Morgan fingerprint density at radius 1 is 1.29 bits per heavy atom. The highest BCUT2D eigenvalue weighted by atomic mass is 35.5. The van der Waals surface area contributed by atoms with Gasteiger partial charge in [-0.3, -0.25) is 9.78 Å². The second-order valence-corrected chi connectivity index (χ2v) is 3.90. The maximum atomic E-state index is 11.5. The van der Waals surface area contributed by atoms with Gasteiger partial charge in [-0.15, -0.1) is 0 Å². The van der Waals surface area contributed by atoms with Gasteiger partial charge in [-0.25, -0.2) is 0 Å². The Morgan fingerprint density at radius 2 is 2.12 bits per heavy atom. The van der Waals surface area contributed by atoms with Crippen LogP contribution in [0.5, 0.6) is 0 Å². The fourth-order valence-electron chi connectivity index (χ4n) is 1.52. The number of Topliss-reactive ketones (excluding diaryl/α,β-unsaturated/α-hetero) is 1. The molecule has 0 unspecified atom stereocenters. The lowest BCUT2D eigenvalue weighted by atomic mass is 10.0. The summed E-state index contributed by atoms with van der Waals surface area (Å²) < 4.78 is 0. The first-order valence-corrected chi connectivity index (χ1v) is 5.45. The average Bonchev–Trinajstić information content (AvgIpc) is 2.39. The van der Waals surface area contributed by atoms with Gasteiger partial charge in [-0.1, -0.05) is 23.7 Å². The van der Waals surface area contributed by atoms with Gasteiger partial charge in [0.15, 0.2) is 5.78 Å². The number of benzene rings is 1. The van der Waals surface area contributed by atoms with Gasteiger partial charge in [0.05, 0.1) is 10.7 Å². The number of aliphatic hydroxyl groups is 1. The topological polar surface area (TPSA) is 50.2 Å². The number of nitrogens with zero attached hydrogens (tertiary/aromatic N) is 1. The Balaban J connectivity index is 2.48. The molecule has 0 amide bonds. The van der Waals surface area contributed by atoms with Gasteiger partial charge >= 0.3 is 0 Å². The molecule has 4 heteroatoms. The first-order chi connectivity index (χ1) is 8.22. The van der Waals surface area contributed by atoms with Crippen molar-refractivity contribution in [2.75, 3.05) is 6.61 Å². The second-order valence-electron chi connectivity index (χ2n) is 3.49. The van der Waals surface area contributed by atoms with Crippen molar-refractivity contribution in [2.45, 2.75) is 0 Å². The van der Waals surface area contributed by atoms with Crippen LogP contribution in [-0.4, -0.2) is 22.5 Å². The van der Waals surface area contributed by atoms with Crippen LogP contribution in [-0.2, 0) is 0 Å². The molecule has 0 radical (unpaired) electrons. The molecule has 0 spiro atoms. The summed E-state index contributed by atoms with van der Waals surface area (Å²) in [5, 5.41) is 9.19. The highest BCUT2D eigenvalue weighted by Gasteiger charge is 2.11. The molecule has 1 N–H and O–H groups in total. The van der Waals surface area contributed by atoms with Crippen LogP contribution in [0, 0.1) is 0 Å². The average molecular weight is 248 g/mol. The lowest BCUT2D eigenvalue weighted by Crippen LogP contribution is -2.05. The standard InChI is InChI=1S/C13H10ClNO2/c14-11-5-4-9(7-10(11)13(17)8-16)12-3-1-2-6-15-12/h1-7,16H,8H2. The first-order valence-electron chi connectivity index (χ1n) is 5.07. The molecule has 0 aliphatic rings. The molecule has 0 atom stereocenters. The Morgan fingerprint density at radius 3 is 2.76 bits per heavy atom. The number of ketones is 1. The molecule has 0 bridgehead atoms. The van der Waals surface area contributed by atoms with E-state index in [0.29, 0.717) is 10.6 Å². The normalized spacial score (nSPS) is 10.2. The van der Waals surface area contributed by atoms with Crippen LogP contribution in [0.4, 0.5) is 0 Å². The van der Waals surface area contributed by atoms with E-state index in [2.05, 4.69) is 4.98 Å². The van der Waals surface area contributed by atoms with Crippen molar-refractivity contribution in [3.63, 3.8) is 0 Å². The molecule has 1 heterocycles. The van der Waals surface area contributed by atoms with Crippen molar-refractivity contribution in [3.05, 3.63) is 53.2 Å². The Labute approximate surface area is 104 Å². The molecule has 0 saturated heterocycles. The minimum absolute atomic E-state index is 0.317. The van der Waals surface area contributed by atoms with Crippen molar-refractivity contribution < 1.29 is 9.90 Å². The van der Waals surface area contributed by atoms with Crippen LogP contribution in [0.3, 0.4) is 0 Å². The fraction of sp³-hybridized carbons (Fsp3) is 0.0769. The van der Waals surface area contributed by atoms with Crippen molar-refractivity contribution in [1.82, 2.24) is 4.98 Å². The number of pyridine rings is 1. The number of hydrogen-bond donors (Lipinski definition) is 1. The maximum Gasteiger partial charge on any atom is 0.189 e. The summed E-state index contributed by atoms with van der Waals surface area (Å²) in [6, 6.07) is 10.6. The SMILES string of the molecule is O=C(CO)c1cc(-c2ccccn2)ccc1Cl. The third kappa shape index (κ3) is 2.52. The van der Waals surface area contributed by atoms with Gasteiger partial charge in [0.1, 0.15) is 6.61 Å². The van der Waals surface area contributed by atoms with E-state index in [0.717, 1.165) is 11.3 Å². The van der Waals surface area contributed by atoms with E-state index >= 15 is 0 Å². The monoisotopic (exact) mass is 247 g/mol. The lowest BCUT2D eigenvalue weighted by molar-refractivity contribution is 0.0904. The minimum atomic E-state index is -0.550. The van der Waals surface area contributed by atoms with Crippen molar-refractivity contribution >= 4 is 17.4 Å². The zero-order valence-corrected chi connectivity index (χ0v) is 9.69. The summed E-state index contributed by atoms with van der Waals surface area (Å²) in [4.78, 5) is 15.7. The molecule has 0 aliphatic heterocycles. The molecule has 17 heavy (non-hydrogen) atoms. The number of aliphatic hydroxyl groups excluding tert-OH is 1. The van der Waals surface area contributed by atoms with Crippen LogP contribution in [0.15, 0.2) is 42.6 Å². The van der Waals surface area contributed by atoms with Crippen LogP contribution in [0.2, 0.25) is 5.02 Å². The highest BCUT2D eigenvalue weighted by Crippen LogP contribution is 2.24. The van der Waals surface area contributed by atoms with Gasteiger partial charge < -0.3 is 5.11 Å².